The maximum Gasteiger partial charge on any atom is 0.410 e. The normalized spacial score (nSPS) is 22.0. The van der Waals surface area contributed by atoms with Gasteiger partial charge in [-0.05, 0) is 19.3 Å². The molecule has 2 aliphatic heterocycles. The molecule has 0 N–H and O–H groups in total. The fourth-order valence-corrected chi connectivity index (χ4v) is 3.52. The quantitative estimate of drug-likeness (QED) is 0.763. The van der Waals surface area contributed by atoms with Gasteiger partial charge in [-0.1, -0.05) is 0 Å². The van der Waals surface area contributed by atoms with Crippen LogP contribution in [0.5, 0.6) is 0 Å². The van der Waals surface area contributed by atoms with Gasteiger partial charge in [0.2, 0.25) is 5.91 Å². The molecule has 9 nitrogen and oxygen atoms in total. The van der Waals surface area contributed by atoms with E-state index in [1.165, 1.54) is 13.4 Å². The van der Waals surface area contributed by atoms with Crippen LogP contribution in [0, 0.1) is 0 Å². The van der Waals surface area contributed by atoms with Crippen molar-refractivity contribution in [2.24, 2.45) is 0 Å². The van der Waals surface area contributed by atoms with Gasteiger partial charge in [-0.15, -0.1) is 0 Å². The zero-order valence-corrected chi connectivity index (χ0v) is 14.7. The molecule has 3 rings (SSSR count). The van der Waals surface area contributed by atoms with E-state index in [0.717, 1.165) is 45.4 Å². The maximum atomic E-state index is 12.9. The molecule has 3 heterocycles. The standard InChI is InChI=1S/C16H26N6O3/c1-25-16(24)22-5-3-2-4-14(22)15(23)20-9-6-19(7-10-20)8-11-21-13-17-12-18-21/h12-14H,2-11H2,1H3/t14-/m0/s1. The number of hydrogen-bond donors (Lipinski definition) is 0. The van der Waals surface area contributed by atoms with Crippen LogP contribution in [0.25, 0.3) is 0 Å². The number of rotatable bonds is 4. The Balaban J connectivity index is 1.49. The third kappa shape index (κ3) is 4.28. The van der Waals surface area contributed by atoms with Gasteiger partial charge in [0.25, 0.3) is 0 Å². The van der Waals surface area contributed by atoms with Gasteiger partial charge in [-0.25, -0.2) is 9.78 Å². The molecule has 0 aliphatic carbocycles. The first-order valence-electron chi connectivity index (χ1n) is 8.87. The van der Waals surface area contributed by atoms with Crippen molar-refractivity contribution >= 4 is 12.0 Å². The number of hydrogen-bond acceptors (Lipinski definition) is 6. The first-order chi connectivity index (χ1) is 12.2. The summed E-state index contributed by atoms with van der Waals surface area (Å²) in [6.45, 7) is 5.36. The molecule has 0 radical (unpaired) electrons. The molecule has 0 spiro atoms. The van der Waals surface area contributed by atoms with Crippen molar-refractivity contribution in [3.05, 3.63) is 12.7 Å². The number of nitrogens with zero attached hydrogens (tertiary/aromatic N) is 6. The molecular weight excluding hydrogens is 324 g/mol. The van der Waals surface area contributed by atoms with Crippen LogP contribution < -0.4 is 0 Å². The summed E-state index contributed by atoms with van der Waals surface area (Å²) in [5, 5.41) is 4.10. The second-order valence-corrected chi connectivity index (χ2v) is 6.50. The van der Waals surface area contributed by atoms with Crippen molar-refractivity contribution in [2.45, 2.75) is 31.8 Å². The minimum atomic E-state index is -0.399. The zero-order valence-electron chi connectivity index (χ0n) is 14.7. The van der Waals surface area contributed by atoms with E-state index in [0.29, 0.717) is 19.6 Å². The molecular formula is C16H26N6O3. The number of methoxy groups -OCH3 is 1. The van der Waals surface area contributed by atoms with Crippen LogP contribution in [-0.2, 0) is 16.1 Å². The molecule has 138 valence electrons. The van der Waals surface area contributed by atoms with Crippen molar-refractivity contribution in [1.29, 1.82) is 0 Å². The highest BCUT2D eigenvalue weighted by Crippen LogP contribution is 2.20. The second-order valence-electron chi connectivity index (χ2n) is 6.50. The Labute approximate surface area is 147 Å². The second kappa shape index (κ2) is 8.28. The van der Waals surface area contributed by atoms with Gasteiger partial charge < -0.3 is 9.64 Å². The summed E-state index contributed by atoms with van der Waals surface area (Å²) < 4.78 is 6.65. The summed E-state index contributed by atoms with van der Waals surface area (Å²) in [4.78, 5) is 34.5. The number of amides is 2. The van der Waals surface area contributed by atoms with Crippen LogP contribution in [0.15, 0.2) is 12.7 Å². The zero-order chi connectivity index (χ0) is 17.6. The van der Waals surface area contributed by atoms with E-state index in [1.54, 1.807) is 11.2 Å². The Bertz CT molecular complexity index is 570. The average molecular weight is 350 g/mol. The molecule has 0 unspecified atom stereocenters. The number of ether oxygens (including phenoxy) is 1. The Hall–Kier alpha value is -2.16. The summed E-state index contributed by atoms with van der Waals surface area (Å²) in [7, 11) is 1.37. The number of piperazine rings is 1. The molecule has 1 aromatic heterocycles. The van der Waals surface area contributed by atoms with Crippen LogP contribution in [0.3, 0.4) is 0 Å². The average Bonchev–Trinajstić information content (AvgIpc) is 3.19. The summed E-state index contributed by atoms with van der Waals surface area (Å²) in [5.41, 5.74) is 0. The molecule has 2 aliphatic rings. The van der Waals surface area contributed by atoms with Crippen molar-refractivity contribution in [3.63, 3.8) is 0 Å². The van der Waals surface area contributed by atoms with Crippen molar-refractivity contribution in [3.8, 4) is 0 Å². The lowest BCUT2D eigenvalue weighted by Gasteiger charge is -2.40. The number of carbonyl (C=O) groups excluding carboxylic acids is 2. The number of aromatic nitrogens is 3. The van der Waals surface area contributed by atoms with Gasteiger partial charge in [0, 0.05) is 39.3 Å². The van der Waals surface area contributed by atoms with Crippen molar-refractivity contribution < 1.29 is 14.3 Å². The van der Waals surface area contributed by atoms with E-state index in [4.69, 9.17) is 4.74 Å². The summed E-state index contributed by atoms with van der Waals surface area (Å²) in [6.07, 6.45) is 5.47. The topological polar surface area (TPSA) is 83.8 Å². The van der Waals surface area contributed by atoms with Gasteiger partial charge in [0.05, 0.1) is 13.7 Å². The minimum Gasteiger partial charge on any atom is -0.453 e. The minimum absolute atomic E-state index is 0.0565. The molecule has 2 fully saturated rings. The SMILES string of the molecule is COC(=O)N1CCCC[C@H]1C(=O)N1CCN(CCn2cncn2)CC1. The van der Waals surface area contributed by atoms with Gasteiger partial charge in [-0.3, -0.25) is 19.3 Å². The molecule has 2 saturated heterocycles. The first kappa shape index (κ1) is 17.7. The van der Waals surface area contributed by atoms with E-state index in [9.17, 15) is 9.59 Å². The van der Waals surface area contributed by atoms with Crippen LogP contribution in [0.4, 0.5) is 4.79 Å². The molecule has 0 aromatic carbocycles. The highest BCUT2D eigenvalue weighted by molar-refractivity contribution is 5.86. The molecule has 9 heteroatoms. The van der Waals surface area contributed by atoms with E-state index in [1.807, 2.05) is 9.58 Å². The number of carbonyl (C=O) groups is 2. The van der Waals surface area contributed by atoms with Crippen LogP contribution in [-0.4, -0.2) is 93.9 Å². The highest BCUT2D eigenvalue weighted by atomic mass is 16.5. The predicted molar refractivity (Wildman–Crippen MR) is 89.8 cm³/mol. The summed E-state index contributed by atoms with van der Waals surface area (Å²) >= 11 is 0. The van der Waals surface area contributed by atoms with E-state index >= 15 is 0 Å². The Kier molecular flexibility index (Phi) is 5.85. The van der Waals surface area contributed by atoms with Gasteiger partial charge >= 0.3 is 6.09 Å². The Morgan fingerprint density at radius 2 is 1.92 bits per heavy atom. The molecule has 1 atom stereocenters. The lowest BCUT2D eigenvalue weighted by molar-refractivity contribution is -0.139. The van der Waals surface area contributed by atoms with Crippen LogP contribution >= 0.6 is 0 Å². The molecule has 0 bridgehead atoms. The highest BCUT2D eigenvalue weighted by Gasteiger charge is 2.36. The predicted octanol–water partition coefficient (Wildman–Crippen LogP) is 0.0432. The first-order valence-corrected chi connectivity index (χ1v) is 8.87. The molecule has 2 amide bonds. The molecule has 25 heavy (non-hydrogen) atoms. The monoisotopic (exact) mass is 350 g/mol. The smallest absolute Gasteiger partial charge is 0.410 e. The van der Waals surface area contributed by atoms with Crippen molar-refractivity contribution in [1.82, 2.24) is 29.5 Å². The van der Waals surface area contributed by atoms with Gasteiger partial charge in [-0.2, -0.15) is 5.10 Å². The molecule has 0 saturated carbocycles. The molecule has 1 aromatic rings. The lowest BCUT2D eigenvalue weighted by Crippen LogP contribution is -2.57. The van der Waals surface area contributed by atoms with Gasteiger partial charge in [0.15, 0.2) is 0 Å². The Morgan fingerprint density at radius 3 is 2.60 bits per heavy atom. The van der Waals surface area contributed by atoms with Crippen molar-refractivity contribution in [2.75, 3.05) is 46.4 Å². The van der Waals surface area contributed by atoms with Crippen LogP contribution in [0.2, 0.25) is 0 Å². The fourth-order valence-electron chi connectivity index (χ4n) is 3.52. The fraction of sp³-hybridized carbons (Fsp3) is 0.750. The number of piperidine rings is 1. The van der Waals surface area contributed by atoms with Gasteiger partial charge in [0.1, 0.15) is 18.7 Å². The third-order valence-corrected chi connectivity index (χ3v) is 4.99. The third-order valence-electron chi connectivity index (χ3n) is 4.99. The van der Waals surface area contributed by atoms with E-state index in [-0.39, 0.29) is 11.9 Å². The maximum absolute atomic E-state index is 12.9. The van der Waals surface area contributed by atoms with E-state index < -0.39 is 6.09 Å². The Morgan fingerprint density at radius 1 is 1.12 bits per heavy atom. The van der Waals surface area contributed by atoms with E-state index in [2.05, 4.69) is 15.0 Å². The van der Waals surface area contributed by atoms with Crippen LogP contribution in [0.1, 0.15) is 19.3 Å². The number of likely N-dealkylation sites (tertiary alicyclic amines) is 1. The summed E-state index contributed by atoms with van der Waals surface area (Å²) in [6, 6.07) is -0.372. The summed E-state index contributed by atoms with van der Waals surface area (Å²) in [5.74, 6) is 0.0565. The largest absolute Gasteiger partial charge is 0.453 e. The lowest BCUT2D eigenvalue weighted by atomic mass is 10.0.